The smallest absolute Gasteiger partial charge is 0.467 e. The summed E-state index contributed by atoms with van der Waals surface area (Å²) in [4.78, 5) is 63.3. The molecule has 16 nitrogen and oxygen atoms in total. The first kappa shape index (κ1) is 55.1. The predicted octanol–water partition coefficient (Wildman–Crippen LogP) is 8.99. The second-order valence-electron chi connectivity index (χ2n) is 16.6. The molecule has 1 saturated heterocycles. The van der Waals surface area contributed by atoms with Gasteiger partial charge in [-0.15, -0.1) is 0 Å². The average Bonchev–Trinajstić information content (AvgIpc) is 3.60. The third kappa shape index (κ3) is 15.3. The highest BCUT2D eigenvalue weighted by atomic mass is 35.5. The fourth-order valence-electron chi connectivity index (χ4n) is 6.11. The number of methoxy groups -OCH3 is 2. The summed E-state index contributed by atoms with van der Waals surface area (Å²) in [7, 11) is 2.09. The Bertz CT molecular complexity index is 2860. The van der Waals surface area contributed by atoms with Crippen LogP contribution in [0.3, 0.4) is 0 Å². The van der Waals surface area contributed by atoms with E-state index in [9.17, 15) is 28.0 Å². The maximum Gasteiger partial charge on any atom is 0.494 e. The molecular weight excluding hydrogens is 953 g/mol. The molecule has 72 heavy (non-hydrogen) atoms. The number of carbonyl (C=O) groups is 4. The number of esters is 2. The quantitative estimate of drug-likeness (QED) is 0.0595. The lowest BCUT2D eigenvalue weighted by molar-refractivity contribution is -0.143. The van der Waals surface area contributed by atoms with Crippen molar-refractivity contribution in [3.63, 3.8) is 0 Å². The second-order valence-corrected chi connectivity index (χ2v) is 16.9. The van der Waals surface area contributed by atoms with Gasteiger partial charge in [0.25, 0.3) is 11.8 Å². The van der Waals surface area contributed by atoms with Crippen LogP contribution in [0.4, 0.5) is 8.78 Å². The van der Waals surface area contributed by atoms with E-state index < -0.39 is 35.8 Å². The number of nitrogens with one attached hydrogen (secondary N) is 2. The molecule has 0 bridgehead atoms. The summed E-state index contributed by atoms with van der Waals surface area (Å²) in [6.45, 7) is 18.3. The van der Waals surface area contributed by atoms with Crippen LogP contribution in [0.25, 0.3) is 23.5 Å². The van der Waals surface area contributed by atoms with Crippen LogP contribution in [0.1, 0.15) is 73.9 Å². The molecule has 0 saturated carbocycles. The largest absolute Gasteiger partial charge is 0.494 e. The molecule has 0 aliphatic carbocycles. The lowest BCUT2D eigenvalue weighted by Crippen LogP contribution is -2.41. The maximum absolute atomic E-state index is 13.0. The van der Waals surface area contributed by atoms with Crippen molar-refractivity contribution >= 4 is 60.1 Å². The highest BCUT2D eigenvalue weighted by Gasteiger charge is 2.51. The van der Waals surface area contributed by atoms with Gasteiger partial charge in [0.1, 0.15) is 58.1 Å². The molecule has 20 heteroatoms. The number of ether oxygens (including phenoxy) is 4. The van der Waals surface area contributed by atoms with Crippen molar-refractivity contribution in [2.45, 2.75) is 64.8 Å². The molecule has 0 unspecified atom stereocenters. The van der Waals surface area contributed by atoms with E-state index in [1.165, 1.54) is 88.8 Å². The van der Waals surface area contributed by atoms with Crippen LogP contribution in [0, 0.1) is 11.6 Å². The molecule has 2 atom stereocenters. The summed E-state index contributed by atoms with van der Waals surface area (Å²) >= 11 is 5.66. The van der Waals surface area contributed by atoms with Gasteiger partial charge < -0.3 is 38.9 Å². The summed E-state index contributed by atoms with van der Waals surface area (Å²) in [5, 5.41) is 4.89. The zero-order valence-electron chi connectivity index (χ0n) is 40.7. The summed E-state index contributed by atoms with van der Waals surface area (Å²) < 4.78 is 58.4. The van der Waals surface area contributed by atoms with Crippen LogP contribution in [-0.4, -0.2) is 88.3 Å². The van der Waals surface area contributed by atoms with Crippen LogP contribution in [0.5, 0.6) is 23.0 Å². The number of halogens is 3. The second kappa shape index (κ2) is 24.8. The van der Waals surface area contributed by atoms with Gasteiger partial charge in [0, 0.05) is 5.56 Å². The first-order chi connectivity index (χ1) is 34.1. The molecule has 6 aromatic rings. The number of amides is 2. The normalized spacial score (nSPS) is 13.8. The van der Waals surface area contributed by atoms with Gasteiger partial charge >= 0.3 is 19.1 Å². The van der Waals surface area contributed by atoms with Gasteiger partial charge in [-0.1, -0.05) is 25.3 Å². The Morgan fingerprint density at radius 1 is 0.611 bits per heavy atom. The van der Waals surface area contributed by atoms with E-state index >= 15 is 0 Å². The molecule has 0 spiro atoms. The topological polar surface area (TPSA) is 199 Å². The summed E-state index contributed by atoms with van der Waals surface area (Å²) in [6.07, 6.45) is 2.94. The highest BCUT2D eigenvalue weighted by molar-refractivity contribution is 6.62. The molecule has 2 aromatic heterocycles. The molecule has 1 aliphatic rings. The molecule has 0 radical (unpaired) electrons. The van der Waals surface area contributed by atoms with E-state index in [1.54, 1.807) is 36.4 Å². The first-order valence-electron chi connectivity index (χ1n) is 22.0. The van der Waals surface area contributed by atoms with Crippen LogP contribution < -0.4 is 25.6 Å². The van der Waals surface area contributed by atoms with Gasteiger partial charge in [-0.25, -0.2) is 38.3 Å². The number of nitrogens with zero attached hydrogens (tertiary/aromatic N) is 4. The molecule has 374 valence electrons. The van der Waals surface area contributed by atoms with E-state index in [0.717, 1.165) is 5.46 Å². The average molecular weight is 1010 g/mol. The minimum absolute atomic E-state index is 0.0562. The lowest BCUT2D eigenvalue weighted by Gasteiger charge is -2.32. The monoisotopic (exact) mass is 1000 g/mol. The molecule has 3 heterocycles. The van der Waals surface area contributed by atoms with E-state index in [-0.39, 0.29) is 46.6 Å². The third-order valence-corrected chi connectivity index (χ3v) is 10.9. The first-order valence-corrected chi connectivity index (χ1v) is 22.4. The Balaban J connectivity index is 0.000000209. The molecule has 1 aliphatic heterocycles. The summed E-state index contributed by atoms with van der Waals surface area (Å²) in [5.74, 6) is -0.209. The van der Waals surface area contributed by atoms with Crippen molar-refractivity contribution in [1.29, 1.82) is 0 Å². The van der Waals surface area contributed by atoms with Crippen molar-refractivity contribution in [2.75, 3.05) is 14.2 Å². The van der Waals surface area contributed by atoms with Gasteiger partial charge in [0.2, 0.25) is 5.28 Å². The maximum atomic E-state index is 13.0. The van der Waals surface area contributed by atoms with Gasteiger partial charge in [-0.05, 0) is 168 Å². The van der Waals surface area contributed by atoms with Gasteiger partial charge in [-0.3, -0.25) is 9.59 Å². The van der Waals surface area contributed by atoms with E-state index in [4.69, 9.17) is 30.4 Å². The molecule has 1 fully saturated rings. The molecular formula is C52H52BClF2N6O10. The summed E-state index contributed by atoms with van der Waals surface area (Å²) in [6, 6.07) is 27.3. The molecule has 2 amide bonds. The Kier molecular flexibility index (Phi) is 19.0. The Morgan fingerprint density at radius 3 is 1.39 bits per heavy atom. The number of hydrogen-bond acceptors (Lipinski definition) is 14. The number of hydrogen-bond donors (Lipinski definition) is 2. The van der Waals surface area contributed by atoms with Crippen molar-refractivity contribution < 1.29 is 56.2 Å². The van der Waals surface area contributed by atoms with Crippen LogP contribution in [0.15, 0.2) is 122 Å². The zero-order chi connectivity index (χ0) is 52.8. The van der Waals surface area contributed by atoms with Crippen LogP contribution in [0.2, 0.25) is 5.28 Å². The minimum atomic E-state index is -0.828. The van der Waals surface area contributed by atoms with E-state index in [0.29, 0.717) is 45.8 Å². The van der Waals surface area contributed by atoms with E-state index in [1.807, 2.05) is 52.0 Å². The Morgan fingerprint density at radius 2 is 0.986 bits per heavy atom. The Hall–Kier alpha value is -7.87. The molecule has 7 rings (SSSR count). The van der Waals surface area contributed by atoms with Crippen molar-refractivity contribution in [2.24, 2.45) is 0 Å². The predicted molar refractivity (Wildman–Crippen MR) is 268 cm³/mol. The molecule has 2 N–H and O–H groups in total. The number of rotatable bonds is 14. The fraction of sp³-hybridized carbons (Fsp3) is 0.231. The number of aromatic nitrogens is 4. The van der Waals surface area contributed by atoms with E-state index in [2.05, 4.69) is 53.2 Å². The van der Waals surface area contributed by atoms with Gasteiger partial charge in [0.05, 0.1) is 36.8 Å². The number of carbonyl (C=O) groups excluding carboxylic acids is 4. The Labute approximate surface area is 420 Å². The van der Waals surface area contributed by atoms with Gasteiger partial charge in [0.15, 0.2) is 5.82 Å². The summed E-state index contributed by atoms with van der Waals surface area (Å²) in [5.41, 5.74) is 1.88. The van der Waals surface area contributed by atoms with Crippen LogP contribution in [-0.2, 0) is 28.4 Å². The zero-order valence-corrected chi connectivity index (χ0v) is 41.5. The number of benzene rings is 4. The molecule has 4 aromatic carbocycles. The SMILES string of the molecule is C=Cc1cc(C(=O)N[C@@H](C)C(=O)OC)nc(-c2ccc(Oc3ccc(F)cc3)cc2)n1.C=Cc1cc(C(=O)N[C@@H](C)C(=O)OC)nc(Cl)n1.CC1(C)OB(c2ccc(Oc3ccc(F)cc3)cc2)OC1(C)C. The highest BCUT2D eigenvalue weighted by Crippen LogP contribution is 2.36. The van der Waals surface area contributed by atoms with Crippen molar-refractivity contribution in [3.8, 4) is 34.4 Å². The standard InChI is InChI=1S/C23H20FN3O4.C18H20BFO3.C11H12ClN3O3/c1-4-17-13-20(22(28)25-14(2)23(29)30-3)27-21(26-17)15-5-9-18(10-6-15)31-19-11-7-16(24)8-12-19;1-17(2)18(3,4)23-19(22-17)13-5-9-15(10-6-13)21-16-11-7-14(20)8-12-16;1-4-7-5-8(15-11(12)14-7)9(16)13-6(2)10(17)18-3/h4-14H,1H2,2-3H3,(H,25,28);5-12H,1-4H3;4-6H,1H2,2-3H3,(H,13,16)/t14-;;6-/m0.0/s1. The van der Waals surface area contributed by atoms with Crippen LogP contribution >= 0.6 is 11.6 Å². The van der Waals surface area contributed by atoms with Crippen molar-refractivity contribution in [3.05, 3.63) is 162 Å². The third-order valence-electron chi connectivity index (χ3n) is 10.8. The van der Waals surface area contributed by atoms with Gasteiger partial charge in [-0.2, -0.15) is 0 Å². The minimum Gasteiger partial charge on any atom is -0.467 e. The fourth-order valence-corrected chi connectivity index (χ4v) is 6.30. The van der Waals surface area contributed by atoms with Crippen molar-refractivity contribution in [1.82, 2.24) is 30.6 Å². The lowest BCUT2D eigenvalue weighted by atomic mass is 9.79.